The number of nitrogens with one attached hydrogen (secondary N) is 2. The summed E-state index contributed by atoms with van der Waals surface area (Å²) in [5.41, 5.74) is -1.31. The Morgan fingerprint density at radius 1 is 1.24 bits per heavy atom. The SMILES string of the molecule is CCCCCNC(=O)C1N([C@H](C)CO)C(=O)[C@@H]2[C@@H](C(=O)Nc3ccccc3)[C@]3(C)OC12CC3C. The van der Waals surface area contributed by atoms with Crippen molar-refractivity contribution in [1.29, 1.82) is 0 Å². The molecule has 3 N–H and O–H groups in total. The number of likely N-dealkylation sites (tertiary alicyclic amines) is 1. The van der Waals surface area contributed by atoms with Crippen LogP contribution in [0.1, 0.15) is 53.4 Å². The normalized spacial score (nSPS) is 34.7. The lowest BCUT2D eigenvalue weighted by Crippen LogP contribution is -2.57. The van der Waals surface area contributed by atoms with Crippen LogP contribution >= 0.6 is 0 Å². The maximum atomic E-state index is 13.9. The first kappa shape index (κ1) is 24.7. The summed E-state index contributed by atoms with van der Waals surface area (Å²) >= 11 is 0. The van der Waals surface area contributed by atoms with Crippen molar-refractivity contribution < 1.29 is 24.2 Å². The van der Waals surface area contributed by atoms with E-state index in [9.17, 15) is 19.5 Å². The highest BCUT2D eigenvalue weighted by molar-refractivity contribution is 6.02. The van der Waals surface area contributed by atoms with Gasteiger partial charge in [-0.25, -0.2) is 0 Å². The molecule has 3 amide bonds. The van der Waals surface area contributed by atoms with Gasteiger partial charge in [-0.05, 0) is 44.7 Å². The number of fused-ring (bicyclic) bond motifs is 1. The van der Waals surface area contributed by atoms with Crippen molar-refractivity contribution >= 4 is 23.4 Å². The van der Waals surface area contributed by atoms with Gasteiger partial charge in [0, 0.05) is 12.2 Å². The molecule has 3 aliphatic heterocycles. The van der Waals surface area contributed by atoms with E-state index in [-0.39, 0.29) is 30.2 Å². The Morgan fingerprint density at radius 2 is 1.94 bits per heavy atom. The molecule has 0 radical (unpaired) electrons. The van der Waals surface area contributed by atoms with E-state index < -0.39 is 35.1 Å². The molecular weight excluding hydrogens is 434 g/mol. The summed E-state index contributed by atoms with van der Waals surface area (Å²) in [6, 6.07) is 7.70. The summed E-state index contributed by atoms with van der Waals surface area (Å²) in [5.74, 6) is -2.39. The molecule has 3 heterocycles. The fourth-order valence-corrected chi connectivity index (χ4v) is 6.36. The molecule has 3 aliphatic rings. The number of rotatable bonds is 9. The van der Waals surface area contributed by atoms with Gasteiger partial charge in [0.15, 0.2) is 0 Å². The molecule has 34 heavy (non-hydrogen) atoms. The first-order valence-corrected chi connectivity index (χ1v) is 12.5. The highest BCUT2D eigenvalue weighted by Crippen LogP contribution is 2.65. The van der Waals surface area contributed by atoms with Crippen LogP contribution in [0.5, 0.6) is 0 Å². The van der Waals surface area contributed by atoms with Gasteiger partial charge in [-0.3, -0.25) is 14.4 Å². The third-order valence-electron chi connectivity index (χ3n) is 8.14. The van der Waals surface area contributed by atoms with Crippen LogP contribution < -0.4 is 10.6 Å². The first-order chi connectivity index (χ1) is 16.2. The van der Waals surface area contributed by atoms with Crippen LogP contribution in [0.25, 0.3) is 0 Å². The summed E-state index contributed by atoms with van der Waals surface area (Å²) in [4.78, 5) is 42.4. The molecule has 1 aromatic rings. The summed E-state index contributed by atoms with van der Waals surface area (Å²) in [5, 5.41) is 15.9. The highest BCUT2D eigenvalue weighted by Gasteiger charge is 2.80. The van der Waals surface area contributed by atoms with Gasteiger partial charge in [0.2, 0.25) is 17.7 Å². The molecule has 8 heteroatoms. The second kappa shape index (κ2) is 9.30. The number of aliphatic hydroxyl groups excluding tert-OH is 1. The van der Waals surface area contributed by atoms with Crippen molar-refractivity contribution in [2.45, 2.75) is 76.7 Å². The van der Waals surface area contributed by atoms with E-state index in [1.54, 1.807) is 19.1 Å². The van der Waals surface area contributed by atoms with Crippen LogP contribution in [0.2, 0.25) is 0 Å². The average molecular weight is 472 g/mol. The van der Waals surface area contributed by atoms with Gasteiger partial charge in [-0.15, -0.1) is 0 Å². The van der Waals surface area contributed by atoms with Crippen LogP contribution in [0.4, 0.5) is 5.69 Å². The number of hydrogen-bond acceptors (Lipinski definition) is 5. The summed E-state index contributed by atoms with van der Waals surface area (Å²) in [6.07, 6.45) is 3.40. The lowest BCUT2D eigenvalue weighted by molar-refractivity contribution is -0.149. The Morgan fingerprint density at radius 3 is 2.59 bits per heavy atom. The molecule has 3 fully saturated rings. The average Bonchev–Trinajstić information content (AvgIpc) is 3.33. The van der Waals surface area contributed by atoms with Crippen molar-refractivity contribution in [3.63, 3.8) is 0 Å². The topological polar surface area (TPSA) is 108 Å². The number of anilines is 1. The fourth-order valence-electron chi connectivity index (χ4n) is 6.36. The fraction of sp³-hybridized carbons (Fsp3) is 0.654. The number of unbranched alkanes of at least 4 members (excludes halogenated alkanes) is 2. The van der Waals surface area contributed by atoms with Gasteiger partial charge < -0.3 is 25.4 Å². The van der Waals surface area contributed by atoms with Crippen LogP contribution in [0.3, 0.4) is 0 Å². The zero-order valence-corrected chi connectivity index (χ0v) is 20.5. The molecule has 4 rings (SSSR count). The largest absolute Gasteiger partial charge is 0.394 e. The molecule has 1 spiro atoms. The smallest absolute Gasteiger partial charge is 0.245 e. The minimum Gasteiger partial charge on any atom is -0.394 e. The van der Waals surface area contributed by atoms with Gasteiger partial charge in [0.05, 0.1) is 30.1 Å². The molecule has 0 aromatic heterocycles. The Balaban J connectivity index is 1.70. The van der Waals surface area contributed by atoms with Gasteiger partial charge in [0.1, 0.15) is 11.6 Å². The van der Waals surface area contributed by atoms with E-state index in [1.807, 2.05) is 32.0 Å². The van der Waals surface area contributed by atoms with Crippen molar-refractivity contribution in [3.8, 4) is 0 Å². The number of carbonyl (C=O) groups excluding carboxylic acids is 3. The second-order valence-corrected chi connectivity index (χ2v) is 10.3. The standard InChI is InChI=1S/C26H37N3O5/c1-5-6-10-13-27-23(32)21-26-14-16(2)25(4,34-26)19(20(26)24(33)29(21)17(3)15-30)22(31)28-18-11-8-7-9-12-18/h7-9,11-12,16-17,19-21,30H,5-6,10,13-15H2,1-4H3,(H,27,32)(H,28,31)/t16?,17-,19+,20+,21?,25-,26?/m1/s1. The Kier molecular flexibility index (Phi) is 6.75. The Hall–Kier alpha value is -2.45. The number of hydrogen-bond donors (Lipinski definition) is 3. The maximum Gasteiger partial charge on any atom is 0.245 e. The number of carbonyl (C=O) groups is 3. The van der Waals surface area contributed by atoms with E-state index in [4.69, 9.17) is 4.74 Å². The van der Waals surface area contributed by atoms with Gasteiger partial charge in [-0.2, -0.15) is 0 Å². The third-order valence-corrected chi connectivity index (χ3v) is 8.14. The van der Waals surface area contributed by atoms with Crippen molar-refractivity contribution in [2.75, 3.05) is 18.5 Å². The molecule has 3 unspecified atom stereocenters. The van der Waals surface area contributed by atoms with Crippen LogP contribution in [-0.4, -0.2) is 64.2 Å². The Labute approximate surface area is 201 Å². The number of para-hydroxylation sites is 1. The number of amides is 3. The predicted octanol–water partition coefficient (Wildman–Crippen LogP) is 2.32. The van der Waals surface area contributed by atoms with E-state index in [2.05, 4.69) is 17.6 Å². The molecule has 3 saturated heterocycles. The molecule has 1 aromatic carbocycles. The number of nitrogens with zero attached hydrogens (tertiary/aromatic N) is 1. The number of benzene rings is 1. The minimum atomic E-state index is -1.10. The van der Waals surface area contributed by atoms with E-state index >= 15 is 0 Å². The maximum absolute atomic E-state index is 13.9. The molecule has 186 valence electrons. The first-order valence-electron chi connectivity index (χ1n) is 12.5. The van der Waals surface area contributed by atoms with Crippen molar-refractivity contribution in [2.24, 2.45) is 17.8 Å². The molecule has 8 nitrogen and oxygen atoms in total. The van der Waals surface area contributed by atoms with Crippen LogP contribution in [0.15, 0.2) is 30.3 Å². The summed E-state index contributed by atoms with van der Waals surface area (Å²) in [6.45, 7) is 7.98. The predicted molar refractivity (Wildman–Crippen MR) is 128 cm³/mol. The van der Waals surface area contributed by atoms with E-state index in [0.717, 1.165) is 19.3 Å². The zero-order chi connectivity index (χ0) is 24.7. The zero-order valence-electron chi connectivity index (χ0n) is 20.5. The number of aliphatic hydroxyl groups is 1. The Bertz CT molecular complexity index is 940. The lowest BCUT2D eigenvalue weighted by Gasteiger charge is -2.36. The minimum absolute atomic E-state index is 0.0251. The van der Waals surface area contributed by atoms with Gasteiger partial charge >= 0.3 is 0 Å². The third kappa shape index (κ3) is 3.71. The van der Waals surface area contributed by atoms with Gasteiger partial charge in [-0.1, -0.05) is 44.9 Å². The van der Waals surface area contributed by atoms with E-state index in [0.29, 0.717) is 18.7 Å². The second-order valence-electron chi connectivity index (χ2n) is 10.3. The summed E-state index contributed by atoms with van der Waals surface area (Å²) < 4.78 is 6.65. The summed E-state index contributed by atoms with van der Waals surface area (Å²) in [7, 11) is 0. The van der Waals surface area contributed by atoms with Gasteiger partial charge in [0.25, 0.3) is 0 Å². The highest BCUT2D eigenvalue weighted by atomic mass is 16.5. The molecule has 0 aliphatic carbocycles. The van der Waals surface area contributed by atoms with Crippen LogP contribution in [-0.2, 0) is 19.1 Å². The van der Waals surface area contributed by atoms with Crippen LogP contribution in [0, 0.1) is 17.8 Å². The van der Waals surface area contributed by atoms with Crippen molar-refractivity contribution in [1.82, 2.24) is 10.2 Å². The molecule has 2 bridgehead atoms. The number of ether oxygens (including phenoxy) is 1. The lowest BCUT2D eigenvalue weighted by atomic mass is 9.62. The molecule has 0 saturated carbocycles. The quantitative estimate of drug-likeness (QED) is 0.479. The molecular formula is C26H37N3O5. The molecule has 7 atom stereocenters. The monoisotopic (exact) mass is 471 g/mol. The van der Waals surface area contributed by atoms with Crippen molar-refractivity contribution in [3.05, 3.63) is 30.3 Å². The van der Waals surface area contributed by atoms with E-state index in [1.165, 1.54) is 4.90 Å².